The highest BCUT2D eigenvalue weighted by Gasteiger charge is 2.90. The zero-order valence-electron chi connectivity index (χ0n) is 16.5. The Morgan fingerprint density at radius 1 is 0.429 bits per heavy atom. The molecule has 8 nitrogen and oxygen atoms in total. The first-order valence-corrected chi connectivity index (χ1v) is 10.3. The molecule has 0 radical (unpaired) electrons. The number of aliphatic hydroxyl groups excluding tert-OH is 4. The van der Waals surface area contributed by atoms with E-state index < -0.39 is 59.7 Å². The van der Waals surface area contributed by atoms with E-state index in [0.717, 1.165) is 0 Å². The fraction of sp³-hybridized carbons (Fsp3) is 1.00. The number of hydrogen-bond donors (Lipinski definition) is 4. The minimum Gasteiger partial charge on any atom is -0.390 e. The number of aliphatic hydroxyl groups is 4. The predicted octanol–water partition coefficient (Wildman–Crippen LogP) is -1.35. The summed E-state index contributed by atoms with van der Waals surface area (Å²) >= 11 is 0. The van der Waals surface area contributed by atoms with Gasteiger partial charge < -0.3 is 39.4 Å². The van der Waals surface area contributed by atoms with Gasteiger partial charge in [-0.3, -0.25) is 0 Å². The fourth-order valence-corrected chi connectivity index (χ4v) is 9.79. The summed E-state index contributed by atoms with van der Waals surface area (Å²) in [6.07, 6.45) is -4.30. The van der Waals surface area contributed by atoms with Gasteiger partial charge in [0.1, 0.15) is 0 Å². The number of methoxy groups -OCH3 is 4. The zero-order valence-corrected chi connectivity index (χ0v) is 16.5. The lowest BCUT2D eigenvalue weighted by Gasteiger charge is -2.53. The molecule has 0 amide bonds. The van der Waals surface area contributed by atoms with E-state index in [1.807, 2.05) is 0 Å². The van der Waals surface area contributed by atoms with Gasteiger partial charge in [0.25, 0.3) is 0 Å². The van der Waals surface area contributed by atoms with Crippen molar-refractivity contribution in [2.24, 2.45) is 59.2 Å². The minimum absolute atomic E-state index is 0.0186. The van der Waals surface area contributed by atoms with Gasteiger partial charge in [0, 0.05) is 63.9 Å². The van der Waals surface area contributed by atoms with Crippen LogP contribution in [0.25, 0.3) is 0 Å². The Labute approximate surface area is 163 Å². The SMILES string of the molecule is COC1(OC)C2C3C4C5C3C3[C@H](O)[C@H](O)C2C(C41)[C@H](O)[C@H](O)C5C3(OC)OC. The molecule has 6 fully saturated rings. The summed E-state index contributed by atoms with van der Waals surface area (Å²) < 4.78 is 23.7. The molecule has 0 aromatic rings. The molecule has 0 saturated heterocycles. The average Bonchev–Trinajstić information content (AvgIpc) is 3.21. The molecule has 158 valence electrons. The van der Waals surface area contributed by atoms with Crippen molar-refractivity contribution in [3.63, 3.8) is 0 Å². The first-order valence-electron chi connectivity index (χ1n) is 10.3. The topological polar surface area (TPSA) is 118 Å². The first kappa shape index (κ1) is 18.4. The van der Waals surface area contributed by atoms with Crippen LogP contribution in [-0.4, -0.2) is 84.9 Å². The zero-order chi connectivity index (χ0) is 19.9. The minimum atomic E-state index is -1.24. The van der Waals surface area contributed by atoms with Crippen LogP contribution in [0.3, 0.4) is 0 Å². The van der Waals surface area contributed by atoms with Crippen molar-refractivity contribution < 1.29 is 39.4 Å². The number of ether oxygens (including phenoxy) is 4. The molecule has 14 atom stereocenters. The molecule has 0 spiro atoms. The second-order valence-electron chi connectivity index (χ2n) is 9.79. The van der Waals surface area contributed by atoms with Gasteiger partial charge >= 0.3 is 0 Å². The second-order valence-corrected chi connectivity index (χ2v) is 9.79. The van der Waals surface area contributed by atoms with Crippen LogP contribution >= 0.6 is 0 Å². The quantitative estimate of drug-likeness (QED) is 0.430. The van der Waals surface area contributed by atoms with Crippen molar-refractivity contribution >= 4 is 0 Å². The Morgan fingerprint density at radius 3 is 1.04 bits per heavy atom. The molecule has 28 heavy (non-hydrogen) atoms. The van der Waals surface area contributed by atoms with E-state index in [1.165, 1.54) is 14.2 Å². The van der Waals surface area contributed by atoms with Gasteiger partial charge in [-0.15, -0.1) is 0 Å². The Balaban J connectivity index is 1.66. The lowest BCUT2D eigenvalue weighted by molar-refractivity contribution is -0.289. The van der Waals surface area contributed by atoms with Crippen molar-refractivity contribution in [1.82, 2.24) is 0 Å². The Morgan fingerprint density at radius 2 is 0.714 bits per heavy atom. The summed E-state index contributed by atoms with van der Waals surface area (Å²) in [5.41, 5.74) is 0. The van der Waals surface area contributed by atoms with Gasteiger partial charge in [-0.25, -0.2) is 0 Å². The van der Waals surface area contributed by atoms with Crippen molar-refractivity contribution in [3.05, 3.63) is 0 Å². The van der Waals surface area contributed by atoms with Gasteiger partial charge in [-0.1, -0.05) is 0 Å². The van der Waals surface area contributed by atoms with Crippen molar-refractivity contribution in [2.45, 2.75) is 36.0 Å². The molecule has 0 aromatic heterocycles. The summed E-state index contributed by atoms with van der Waals surface area (Å²) in [5.74, 6) is -3.85. The summed E-state index contributed by atoms with van der Waals surface area (Å²) in [5, 5.41) is 45.3. The summed E-state index contributed by atoms with van der Waals surface area (Å²) in [6.45, 7) is 0. The largest absolute Gasteiger partial charge is 0.390 e. The maximum absolute atomic E-state index is 11.3. The molecule has 6 aliphatic carbocycles. The molecule has 4 N–H and O–H groups in total. The molecule has 10 unspecified atom stereocenters. The van der Waals surface area contributed by atoms with Gasteiger partial charge in [0.15, 0.2) is 11.6 Å². The molecule has 8 heteroatoms. The highest BCUT2D eigenvalue weighted by molar-refractivity contribution is 5.34. The Kier molecular flexibility index (Phi) is 3.48. The van der Waals surface area contributed by atoms with Gasteiger partial charge in [0.2, 0.25) is 0 Å². The summed E-state index contributed by atoms with van der Waals surface area (Å²) in [7, 11) is 6.28. The molecule has 0 aliphatic heterocycles. The third-order valence-electron chi connectivity index (χ3n) is 10.1. The maximum Gasteiger partial charge on any atom is 0.178 e. The fourth-order valence-electron chi connectivity index (χ4n) is 9.79. The average molecular weight is 398 g/mol. The molecule has 6 rings (SSSR count). The summed E-state index contributed by atoms with van der Waals surface area (Å²) in [6, 6.07) is 0. The molecule has 0 aromatic carbocycles. The van der Waals surface area contributed by atoms with Crippen LogP contribution in [0.1, 0.15) is 0 Å². The van der Waals surface area contributed by atoms with Crippen molar-refractivity contribution in [1.29, 1.82) is 0 Å². The van der Waals surface area contributed by atoms with E-state index in [2.05, 4.69) is 0 Å². The standard InChI is InChI=1S/C20H30O8/c1-25-19(26-2)11-5-6-8-7(5)13-17(23)15(21)9(11)10(12(6)19)16(22)18(24)14(8)20(13,27-3)28-4/h5-18,21-24H,1-4H3/t5?,6?,7?,8?,9?,10?,11?,12?,13?,14?,15-,16+,17+,18-. The maximum atomic E-state index is 11.3. The van der Waals surface area contributed by atoms with Gasteiger partial charge in [-0.2, -0.15) is 0 Å². The van der Waals surface area contributed by atoms with E-state index >= 15 is 0 Å². The molecule has 6 aliphatic rings. The van der Waals surface area contributed by atoms with E-state index in [9.17, 15) is 20.4 Å². The number of rotatable bonds is 4. The first-order chi connectivity index (χ1) is 13.4. The second kappa shape index (κ2) is 5.29. The van der Waals surface area contributed by atoms with Gasteiger partial charge in [0.05, 0.1) is 24.4 Å². The van der Waals surface area contributed by atoms with Gasteiger partial charge in [-0.05, 0) is 23.7 Å². The lowest BCUT2D eigenvalue weighted by Crippen LogP contribution is -2.55. The van der Waals surface area contributed by atoms with E-state index in [1.54, 1.807) is 14.2 Å². The van der Waals surface area contributed by atoms with Crippen LogP contribution in [0.5, 0.6) is 0 Å². The normalized spacial score (nSPS) is 63.4. The number of hydrogen-bond acceptors (Lipinski definition) is 8. The third kappa shape index (κ3) is 1.46. The molecular weight excluding hydrogens is 368 g/mol. The molecule has 6 saturated carbocycles. The summed E-state index contributed by atoms with van der Waals surface area (Å²) in [4.78, 5) is 0. The number of fused-ring (bicyclic) bond motifs is 1. The lowest BCUT2D eigenvalue weighted by atomic mass is 9.49. The third-order valence-corrected chi connectivity index (χ3v) is 10.1. The van der Waals surface area contributed by atoms with Crippen molar-refractivity contribution in [2.75, 3.05) is 28.4 Å². The molecule has 2 bridgehead atoms. The monoisotopic (exact) mass is 398 g/mol. The van der Waals surface area contributed by atoms with Crippen molar-refractivity contribution in [3.8, 4) is 0 Å². The highest BCUT2D eigenvalue weighted by atomic mass is 16.7. The van der Waals surface area contributed by atoms with Crippen LogP contribution in [0.15, 0.2) is 0 Å². The van der Waals surface area contributed by atoms with Crippen LogP contribution < -0.4 is 0 Å². The van der Waals surface area contributed by atoms with E-state index in [4.69, 9.17) is 18.9 Å². The smallest absolute Gasteiger partial charge is 0.178 e. The predicted molar refractivity (Wildman–Crippen MR) is 92.4 cm³/mol. The highest BCUT2D eigenvalue weighted by Crippen LogP contribution is 2.84. The molecule has 0 heterocycles. The van der Waals surface area contributed by atoms with E-state index in [-0.39, 0.29) is 35.5 Å². The van der Waals surface area contributed by atoms with Crippen LogP contribution in [0.2, 0.25) is 0 Å². The Hall–Kier alpha value is -0.320. The van der Waals surface area contributed by atoms with Crippen LogP contribution in [0.4, 0.5) is 0 Å². The molecular formula is C20H30O8. The van der Waals surface area contributed by atoms with Crippen LogP contribution in [0, 0.1) is 59.2 Å². The Bertz CT molecular complexity index is 642. The van der Waals surface area contributed by atoms with Crippen LogP contribution in [-0.2, 0) is 18.9 Å². The van der Waals surface area contributed by atoms with E-state index in [0.29, 0.717) is 0 Å².